The zero-order valence-corrected chi connectivity index (χ0v) is 16.0. The van der Waals surface area contributed by atoms with E-state index in [-0.39, 0.29) is 10.6 Å². The number of methoxy groups -OCH3 is 1. The second-order valence-electron chi connectivity index (χ2n) is 5.33. The Morgan fingerprint density at radius 3 is 2.63 bits per heavy atom. The number of nitrogens with one attached hydrogen (secondary N) is 1. The molecular weight excluding hydrogens is 400 g/mol. The van der Waals surface area contributed by atoms with Gasteiger partial charge >= 0.3 is 5.97 Å². The van der Waals surface area contributed by atoms with Crippen molar-refractivity contribution in [2.75, 3.05) is 18.2 Å². The largest absolute Gasteiger partial charge is 0.495 e. The summed E-state index contributed by atoms with van der Waals surface area (Å²) in [5.74, 6) is -2.37. The van der Waals surface area contributed by atoms with Gasteiger partial charge in [0, 0.05) is 10.6 Å². The Labute approximate surface area is 164 Å². The van der Waals surface area contributed by atoms with Gasteiger partial charge in [0.15, 0.2) is 6.10 Å². The van der Waals surface area contributed by atoms with Gasteiger partial charge in [0.1, 0.15) is 17.4 Å². The standard InChI is InChI=1S/C18H16ClF2NO4S/c1-10(18(24)22-12-4-6-15(25-2)13(19)8-12)26-17(23)9-27-16-7-11(20)3-5-14(16)21/h3-8,10H,9H2,1-2H3,(H,22,24)/t10-/m1/s1. The molecule has 144 valence electrons. The van der Waals surface area contributed by atoms with Crippen LogP contribution < -0.4 is 10.1 Å². The second kappa shape index (κ2) is 9.57. The number of amides is 1. The summed E-state index contributed by atoms with van der Waals surface area (Å²) in [6.07, 6.45) is -1.09. The summed E-state index contributed by atoms with van der Waals surface area (Å²) >= 11 is 6.76. The first-order valence-electron chi connectivity index (χ1n) is 7.72. The zero-order valence-electron chi connectivity index (χ0n) is 14.4. The minimum absolute atomic E-state index is 0.0167. The van der Waals surface area contributed by atoms with Crippen LogP contribution in [0.5, 0.6) is 5.75 Å². The van der Waals surface area contributed by atoms with Gasteiger partial charge in [-0.15, -0.1) is 11.8 Å². The maximum absolute atomic E-state index is 13.5. The molecule has 1 atom stereocenters. The predicted molar refractivity (Wildman–Crippen MR) is 99.3 cm³/mol. The summed E-state index contributed by atoms with van der Waals surface area (Å²) in [7, 11) is 1.47. The summed E-state index contributed by atoms with van der Waals surface area (Å²) in [6, 6.07) is 7.60. The minimum atomic E-state index is -1.09. The number of thioether (sulfide) groups is 1. The van der Waals surface area contributed by atoms with Crippen LogP contribution in [-0.4, -0.2) is 30.8 Å². The van der Waals surface area contributed by atoms with E-state index < -0.39 is 29.6 Å². The summed E-state index contributed by atoms with van der Waals surface area (Å²) in [6.45, 7) is 1.39. The van der Waals surface area contributed by atoms with Crippen LogP contribution in [-0.2, 0) is 14.3 Å². The van der Waals surface area contributed by atoms with E-state index in [0.29, 0.717) is 16.5 Å². The van der Waals surface area contributed by atoms with Gasteiger partial charge < -0.3 is 14.8 Å². The van der Waals surface area contributed by atoms with Crippen LogP contribution in [0.3, 0.4) is 0 Å². The van der Waals surface area contributed by atoms with Crippen LogP contribution in [0.4, 0.5) is 14.5 Å². The highest BCUT2D eigenvalue weighted by Gasteiger charge is 2.19. The fraction of sp³-hybridized carbons (Fsp3) is 0.222. The van der Waals surface area contributed by atoms with Crippen molar-refractivity contribution in [3.63, 3.8) is 0 Å². The molecule has 0 saturated heterocycles. The fourth-order valence-electron chi connectivity index (χ4n) is 2.00. The Hall–Kier alpha value is -2.32. The van der Waals surface area contributed by atoms with Crippen molar-refractivity contribution in [3.05, 3.63) is 53.1 Å². The Morgan fingerprint density at radius 1 is 1.22 bits per heavy atom. The number of hydrogen-bond donors (Lipinski definition) is 1. The van der Waals surface area contributed by atoms with Gasteiger partial charge in [-0.2, -0.15) is 0 Å². The fourth-order valence-corrected chi connectivity index (χ4v) is 3.00. The van der Waals surface area contributed by atoms with Crippen LogP contribution in [0.1, 0.15) is 6.92 Å². The van der Waals surface area contributed by atoms with Crippen LogP contribution in [0, 0.1) is 11.6 Å². The van der Waals surface area contributed by atoms with Crippen molar-refractivity contribution in [2.45, 2.75) is 17.9 Å². The van der Waals surface area contributed by atoms with E-state index in [0.717, 1.165) is 30.0 Å². The first kappa shape index (κ1) is 21.0. The molecule has 0 bridgehead atoms. The molecule has 0 aliphatic rings. The number of anilines is 1. The summed E-state index contributed by atoms with van der Waals surface area (Å²) in [5, 5.41) is 2.87. The lowest BCUT2D eigenvalue weighted by molar-refractivity contribution is -0.150. The average molecular weight is 416 g/mol. The van der Waals surface area contributed by atoms with Gasteiger partial charge in [-0.25, -0.2) is 8.78 Å². The summed E-state index contributed by atoms with van der Waals surface area (Å²) in [5.41, 5.74) is 0.407. The predicted octanol–water partition coefficient (Wildman–Crippen LogP) is 4.29. The highest BCUT2D eigenvalue weighted by Crippen LogP contribution is 2.27. The number of hydrogen-bond acceptors (Lipinski definition) is 5. The third-order valence-corrected chi connectivity index (χ3v) is 4.63. The first-order chi connectivity index (χ1) is 12.8. The van der Waals surface area contributed by atoms with Crippen molar-refractivity contribution >= 4 is 40.9 Å². The van der Waals surface area contributed by atoms with Gasteiger partial charge in [-0.05, 0) is 43.3 Å². The number of ether oxygens (including phenoxy) is 2. The van der Waals surface area contributed by atoms with Crippen molar-refractivity contribution in [2.24, 2.45) is 0 Å². The maximum atomic E-state index is 13.5. The highest BCUT2D eigenvalue weighted by molar-refractivity contribution is 8.00. The number of benzene rings is 2. The molecule has 2 aromatic rings. The molecule has 0 heterocycles. The lowest BCUT2D eigenvalue weighted by atomic mass is 10.3. The van der Waals surface area contributed by atoms with Crippen molar-refractivity contribution in [1.29, 1.82) is 0 Å². The van der Waals surface area contributed by atoms with Crippen LogP contribution >= 0.6 is 23.4 Å². The first-order valence-corrected chi connectivity index (χ1v) is 9.08. The Morgan fingerprint density at radius 2 is 1.96 bits per heavy atom. The number of carbonyl (C=O) groups excluding carboxylic acids is 2. The number of rotatable bonds is 7. The Kier molecular flexibility index (Phi) is 7.44. The third kappa shape index (κ3) is 6.11. The quantitative estimate of drug-likeness (QED) is 0.540. The van der Waals surface area contributed by atoms with Gasteiger partial charge in [0.25, 0.3) is 5.91 Å². The molecular formula is C18H16ClF2NO4S. The van der Waals surface area contributed by atoms with E-state index in [1.165, 1.54) is 20.1 Å². The van der Waals surface area contributed by atoms with Crippen molar-refractivity contribution in [3.8, 4) is 5.75 Å². The van der Waals surface area contributed by atoms with Crippen LogP contribution in [0.15, 0.2) is 41.3 Å². The molecule has 0 unspecified atom stereocenters. The minimum Gasteiger partial charge on any atom is -0.495 e. The SMILES string of the molecule is COc1ccc(NC(=O)[C@@H](C)OC(=O)CSc2cc(F)ccc2F)cc1Cl. The molecule has 0 aromatic heterocycles. The molecule has 2 rings (SSSR count). The number of halogens is 3. The average Bonchev–Trinajstić information content (AvgIpc) is 2.62. The molecule has 1 amide bonds. The lowest BCUT2D eigenvalue weighted by Gasteiger charge is -2.14. The number of esters is 1. The van der Waals surface area contributed by atoms with Crippen molar-refractivity contribution < 1.29 is 27.8 Å². The molecule has 9 heteroatoms. The third-order valence-electron chi connectivity index (χ3n) is 3.34. The highest BCUT2D eigenvalue weighted by atomic mass is 35.5. The van der Waals surface area contributed by atoms with Gasteiger partial charge in [0.05, 0.1) is 17.9 Å². The Bertz CT molecular complexity index is 850. The molecule has 0 aliphatic carbocycles. The zero-order chi connectivity index (χ0) is 20.0. The molecule has 0 spiro atoms. The smallest absolute Gasteiger partial charge is 0.317 e. The lowest BCUT2D eigenvalue weighted by Crippen LogP contribution is -2.30. The van der Waals surface area contributed by atoms with Gasteiger partial charge in [0.2, 0.25) is 0 Å². The molecule has 5 nitrogen and oxygen atoms in total. The van der Waals surface area contributed by atoms with E-state index in [1.54, 1.807) is 12.1 Å². The van der Waals surface area contributed by atoms with Gasteiger partial charge in [-0.3, -0.25) is 9.59 Å². The molecule has 2 aromatic carbocycles. The topological polar surface area (TPSA) is 64.6 Å². The molecule has 0 fully saturated rings. The maximum Gasteiger partial charge on any atom is 0.317 e. The van der Waals surface area contributed by atoms with Crippen LogP contribution in [0.25, 0.3) is 0 Å². The molecule has 27 heavy (non-hydrogen) atoms. The number of carbonyl (C=O) groups is 2. The Balaban J connectivity index is 1.87. The summed E-state index contributed by atoms with van der Waals surface area (Å²) < 4.78 is 36.6. The molecule has 0 aliphatic heterocycles. The molecule has 0 saturated carbocycles. The van der Waals surface area contributed by atoms with Gasteiger partial charge in [-0.1, -0.05) is 11.6 Å². The van der Waals surface area contributed by atoms with E-state index in [2.05, 4.69) is 5.32 Å². The normalized spacial score (nSPS) is 11.6. The summed E-state index contributed by atoms with van der Waals surface area (Å²) in [4.78, 5) is 23.9. The van der Waals surface area contributed by atoms with Crippen LogP contribution in [0.2, 0.25) is 5.02 Å². The van der Waals surface area contributed by atoms with E-state index in [9.17, 15) is 18.4 Å². The molecule has 1 N–H and O–H groups in total. The van der Waals surface area contributed by atoms with Crippen molar-refractivity contribution in [1.82, 2.24) is 0 Å². The molecule has 0 radical (unpaired) electrons. The second-order valence-corrected chi connectivity index (χ2v) is 6.76. The van der Waals surface area contributed by atoms with E-state index >= 15 is 0 Å². The van der Waals surface area contributed by atoms with E-state index in [4.69, 9.17) is 21.1 Å². The van der Waals surface area contributed by atoms with E-state index in [1.807, 2.05) is 0 Å². The monoisotopic (exact) mass is 415 g/mol.